The summed E-state index contributed by atoms with van der Waals surface area (Å²) in [7, 11) is -2.06. The van der Waals surface area contributed by atoms with E-state index in [1.807, 2.05) is 0 Å². The molecule has 3 amide bonds. The molecular weight excluding hydrogens is 554 g/mol. The summed E-state index contributed by atoms with van der Waals surface area (Å²) in [5.41, 5.74) is -1.31. The van der Waals surface area contributed by atoms with Gasteiger partial charge in [-0.05, 0) is 50.1 Å². The Hall–Kier alpha value is -3.48. The van der Waals surface area contributed by atoms with E-state index >= 15 is 4.39 Å². The zero-order valence-corrected chi connectivity index (χ0v) is 22.9. The molecule has 0 aromatic heterocycles. The predicted octanol–water partition coefficient (Wildman–Crippen LogP) is 3.58. The molecule has 2 heterocycles. The minimum Gasteiger partial charge on any atom is -0.347 e. The normalized spacial score (nSPS) is 22.5. The Labute approximate surface area is 229 Å². The van der Waals surface area contributed by atoms with Crippen LogP contribution in [0.15, 0.2) is 47.4 Å². The van der Waals surface area contributed by atoms with Crippen molar-refractivity contribution in [1.82, 2.24) is 15.1 Å². The Morgan fingerprint density at radius 2 is 1.80 bits per heavy atom. The van der Waals surface area contributed by atoms with Gasteiger partial charge in [0, 0.05) is 49.4 Å². The molecule has 4 atom stereocenters. The summed E-state index contributed by atoms with van der Waals surface area (Å²) in [6, 6.07) is 4.98. The van der Waals surface area contributed by atoms with E-state index in [1.165, 1.54) is 41.1 Å². The predicted molar refractivity (Wildman–Crippen MR) is 136 cm³/mol. The maximum absolute atomic E-state index is 15.1. The van der Waals surface area contributed by atoms with Gasteiger partial charge in [0.25, 0.3) is 5.91 Å². The maximum atomic E-state index is 15.1. The van der Waals surface area contributed by atoms with Gasteiger partial charge in [-0.15, -0.1) is 0 Å². The lowest BCUT2D eigenvalue weighted by molar-refractivity contribution is -0.137. The van der Waals surface area contributed by atoms with Crippen LogP contribution >= 0.6 is 0 Å². The number of hydrogen-bond acceptors (Lipinski definition) is 5. The third-order valence-electron chi connectivity index (χ3n) is 7.52. The van der Waals surface area contributed by atoms with Crippen molar-refractivity contribution >= 4 is 27.6 Å². The van der Waals surface area contributed by atoms with Crippen LogP contribution in [-0.4, -0.2) is 67.9 Å². The summed E-state index contributed by atoms with van der Waals surface area (Å²) >= 11 is 0. The van der Waals surface area contributed by atoms with Gasteiger partial charge in [-0.3, -0.25) is 14.4 Å². The van der Waals surface area contributed by atoms with Crippen LogP contribution < -0.4 is 5.32 Å². The number of alkyl halides is 3. The van der Waals surface area contributed by atoms with E-state index in [1.54, 1.807) is 6.92 Å². The lowest BCUT2D eigenvalue weighted by atomic mass is 9.90. The monoisotopic (exact) mass is 583 g/mol. The Bertz CT molecular complexity index is 1450. The largest absolute Gasteiger partial charge is 0.416 e. The Morgan fingerprint density at radius 1 is 1.10 bits per heavy atom. The molecule has 0 aliphatic carbocycles. The molecule has 40 heavy (non-hydrogen) atoms. The van der Waals surface area contributed by atoms with Gasteiger partial charge in [0.05, 0.1) is 16.5 Å². The van der Waals surface area contributed by atoms with Gasteiger partial charge in [0.15, 0.2) is 9.84 Å². The highest BCUT2D eigenvalue weighted by molar-refractivity contribution is 7.90. The number of amides is 3. The summed E-state index contributed by atoms with van der Waals surface area (Å²) in [6.07, 6.45) is -3.09. The van der Waals surface area contributed by atoms with Crippen LogP contribution in [0, 0.1) is 11.7 Å². The zero-order valence-electron chi connectivity index (χ0n) is 22.0. The van der Waals surface area contributed by atoms with E-state index in [0.717, 1.165) is 18.4 Å². The molecule has 2 fully saturated rings. The van der Waals surface area contributed by atoms with E-state index < -0.39 is 57.2 Å². The van der Waals surface area contributed by atoms with Crippen molar-refractivity contribution in [2.24, 2.45) is 5.92 Å². The topological polar surface area (TPSA) is 104 Å². The first kappa shape index (κ1) is 29.5. The molecule has 4 rings (SSSR count). The average molecular weight is 584 g/mol. The van der Waals surface area contributed by atoms with Crippen molar-refractivity contribution in [2.45, 2.75) is 55.4 Å². The van der Waals surface area contributed by atoms with Crippen LogP contribution in [0.1, 0.15) is 53.7 Å². The number of rotatable bonds is 6. The first-order valence-electron chi connectivity index (χ1n) is 12.6. The fraction of sp³-hybridized carbons (Fsp3) is 0.444. The number of benzene rings is 2. The smallest absolute Gasteiger partial charge is 0.347 e. The summed E-state index contributed by atoms with van der Waals surface area (Å²) in [6.45, 7) is 1.88. The van der Waals surface area contributed by atoms with E-state index in [4.69, 9.17) is 0 Å². The number of likely N-dealkylation sites (tertiary alicyclic amines) is 2. The van der Waals surface area contributed by atoms with Crippen molar-refractivity contribution in [3.8, 4) is 0 Å². The Balaban J connectivity index is 1.64. The first-order valence-corrected chi connectivity index (χ1v) is 14.5. The van der Waals surface area contributed by atoms with Crippen molar-refractivity contribution in [3.63, 3.8) is 0 Å². The second kappa shape index (κ2) is 10.8. The minimum absolute atomic E-state index is 0.0517. The number of carbonyl (C=O) groups is 3. The van der Waals surface area contributed by atoms with Crippen molar-refractivity contribution < 1.29 is 40.4 Å². The molecule has 2 aliphatic heterocycles. The third kappa shape index (κ3) is 5.98. The molecule has 0 saturated carbocycles. The van der Waals surface area contributed by atoms with Crippen LogP contribution in [0.25, 0.3) is 0 Å². The zero-order chi connectivity index (χ0) is 29.6. The van der Waals surface area contributed by atoms with Crippen molar-refractivity contribution in [3.05, 3.63) is 65.0 Å². The molecule has 2 aromatic carbocycles. The van der Waals surface area contributed by atoms with E-state index in [2.05, 4.69) is 5.32 Å². The van der Waals surface area contributed by atoms with Gasteiger partial charge in [0.1, 0.15) is 11.9 Å². The third-order valence-corrected chi connectivity index (χ3v) is 8.63. The quantitative estimate of drug-likeness (QED) is 0.524. The standard InChI is InChI=1S/C27H29F4N3O5S/c1-15-7-10-22(34(15)26(37)16-5-4-6-19(11-16)40(3,38)39)25(36)32-24(17-12-23(35)33(2)14-17)20-9-8-18(13-21(20)28)27(29,30)31/h4-6,8-9,11,13,15,17,22,24H,7,10,12,14H2,1-3H3,(H,32,36)/t15-,17?,22-,24?/m1/s1. The highest BCUT2D eigenvalue weighted by Crippen LogP contribution is 2.36. The highest BCUT2D eigenvalue weighted by atomic mass is 32.2. The molecule has 2 saturated heterocycles. The van der Waals surface area contributed by atoms with Gasteiger partial charge in [-0.2, -0.15) is 13.2 Å². The Kier molecular flexibility index (Phi) is 7.99. The van der Waals surface area contributed by atoms with E-state index in [0.29, 0.717) is 12.5 Å². The van der Waals surface area contributed by atoms with Gasteiger partial charge in [-0.25, -0.2) is 12.8 Å². The molecule has 2 aromatic rings. The lowest BCUT2D eigenvalue weighted by Crippen LogP contribution is -2.50. The van der Waals surface area contributed by atoms with Gasteiger partial charge in [-0.1, -0.05) is 12.1 Å². The van der Waals surface area contributed by atoms with Gasteiger partial charge < -0.3 is 15.1 Å². The average Bonchev–Trinajstić information content (AvgIpc) is 3.42. The molecule has 2 unspecified atom stereocenters. The highest BCUT2D eigenvalue weighted by Gasteiger charge is 2.43. The number of nitrogens with one attached hydrogen (secondary N) is 1. The van der Waals surface area contributed by atoms with Crippen LogP contribution in [0.4, 0.5) is 17.6 Å². The summed E-state index contributed by atoms with van der Waals surface area (Å²) in [5, 5.41) is 2.72. The second-order valence-corrected chi connectivity index (χ2v) is 12.4. The molecule has 0 spiro atoms. The molecular formula is C27H29F4N3O5S. The van der Waals surface area contributed by atoms with Crippen LogP contribution in [0.2, 0.25) is 0 Å². The number of nitrogens with zero attached hydrogens (tertiary/aromatic N) is 2. The lowest BCUT2D eigenvalue weighted by Gasteiger charge is -2.31. The maximum Gasteiger partial charge on any atom is 0.416 e. The number of sulfone groups is 1. The first-order chi connectivity index (χ1) is 18.6. The molecule has 2 aliphatic rings. The minimum atomic E-state index is -4.77. The summed E-state index contributed by atoms with van der Waals surface area (Å²) in [5.74, 6) is -3.27. The molecule has 0 bridgehead atoms. The van der Waals surface area contributed by atoms with Crippen molar-refractivity contribution in [1.29, 1.82) is 0 Å². The second-order valence-electron chi connectivity index (χ2n) is 10.4. The number of carbonyl (C=O) groups excluding carboxylic acids is 3. The molecule has 0 radical (unpaired) electrons. The molecule has 8 nitrogen and oxygen atoms in total. The number of hydrogen-bond donors (Lipinski definition) is 1. The van der Waals surface area contributed by atoms with E-state index in [9.17, 15) is 36.0 Å². The van der Waals surface area contributed by atoms with Crippen LogP contribution in [0.3, 0.4) is 0 Å². The SMILES string of the molecule is C[C@@H]1CC[C@H](C(=O)NC(c2ccc(C(F)(F)F)cc2F)C2CC(=O)N(C)C2)N1C(=O)c1cccc(S(C)(=O)=O)c1. The Morgan fingerprint density at radius 3 is 2.38 bits per heavy atom. The van der Waals surface area contributed by atoms with Crippen LogP contribution in [0.5, 0.6) is 0 Å². The molecule has 216 valence electrons. The van der Waals surface area contributed by atoms with Gasteiger partial charge in [0.2, 0.25) is 11.8 Å². The summed E-state index contributed by atoms with van der Waals surface area (Å²) < 4.78 is 78.5. The van der Waals surface area contributed by atoms with Crippen LogP contribution in [-0.2, 0) is 25.6 Å². The van der Waals surface area contributed by atoms with Crippen molar-refractivity contribution in [2.75, 3.05) is 19.8 Å². The van der Waals surface area contributed by atoms with Gasteiger partial charge >= 0.3 is 6.18 Å². The number of halogens is 4. The van der Waals surface area contributed by atoms with E-state index in [-0.39, 0.29) is 47.4 Å². The fourth-order valence-corrected chi connectivity index (χ4v) is 6.04. The molecule has 1 N–H and O–H groups in total. The fourth-order valence-electron chi connectivity index (χ4n) is 5.37. The summed E-state index contributed by atoms with van der Waals surface area (Å²) in [4.78, 5) is 42.0. The molecule has 13 heteroatoms.